The maximum absolute atomic E-state index is 5.99. The monoisotopic (exact) mass is 220 g/mol. The Kier molecular flexibility index (Phi) is 4.15. The zero-order chi connectivity index (χ0) is 12.2. The van der Waals surface area contributed by atoms with E-state index in [1.165, 1.54) is 5.56 Å². The smallest absolute Gasteiger partial charge is 0.0724 e. The molecule has 1 nitrogen and oxygen atoms in total. The quantitative estimate of drug-likeness (QED) is 0.730. The van der Waals surface area contributed by atoms with Gasteiger partial charge in [-0.05, 0) is 31.2 Å². The number of hydrogen-bond acceptors (Lipinski definition) is 1. The third-order valence-electron chi connectivity index (χ3n) is 2.43. The van der Waals surface area contributed by atoms with Crippen molar-refractivity contribution in [3.63, 3.8) is 0 Å². The predicted molar refractivity (Wildman–Crippen MR) is 69.4 cm³/mol. The van der Waals surface area contributed by atoms with E-state index in [0.29, 0.717) is 12.0 Å². The molecule has 0 saturated heterocycles. The van der Waals surface area contributed by atoms with Crippen LogP contribution in [0.3, 0.4) is 0 Å². The summed E-state index contributed by atoms with van der Waals surface area (Å²) >= 11 is 0. The summed E-state index contributed by atoms with van der Waals surface area (Å²) < 4.78 is 5.99. The number of ether oxygens (including phenoxy) is 1. The lowest BCUT2D eigenvalue weighted by Crippen LogP contribution is -2.30. The van der Waals surface area contributed by atoms with Gasteiger partial charge in [0.1, 0.15) is 0 Å². The van der Waals surface area contributed by atoms with E-state index in [1.807, 2.05) is 6.07 Å². The van der Waals surface area contributed by atoms with Crippen LogP contribution in [-0.4, -0.2) is 5.60 Å². The molecule has 0 fully saturated rings. The van der Waals surface area contributed by atoms with Crippen molar-refractivity contribution in [1.29, 1.82) is 0 Å². The molecule has 1 aromatic rings. The van der Waals surface area contributed by atoms with Crippen molar-refractivity contribution in [2.24, 2.45) is 5.41 Å². The van der Waals surface area contributed by atoms with Crippen LogP contribution in [-0.2, 0) is 11.3 Å². The third-order valence-corrected chi connectivity index (χ3v) is 2.43. The van der Waals surface area contributed by atoms with E-state index < -0.39 is 0 Å². The van der Waals surface area contributed by atoms with Gasteiger partial charge in [-0.1, -0.05) is 51.1 Å². The van der Waals surface area contributed by atoms with Crippen LogP contribution in [0.25, 0.3) is 0 Å². The van der Waals surface area contributed by atoms with Gasteiger partial charge in [-0.2, -0.15) is 0 Å². The Bertz CT molecular complexity index is 306. The zero-order valence-corrected chi connectivity index (χ0v) is 11.2. The SMILES string of the molecule is CC(C)(C)CC(C)(C)OCc1ccccc1. The molecule has 0 amide bonds. The van der Waals surface area contributed by atoms with Crippen molar-refractivity contribution in [3.8, 4) is 0 Å². The van der Waals surface area contributed by atoms with Crippen molar-refractivity contribution in [2.45, 2.75) is 53.2 Å². The fraction of sp³-hybridized carbons (Fsp3) is 0.600. The van der Waals surface area contributed by atoms with Gasteiger partial charge in [0.25, 0.3) is 0 Å². The first kappa shape index (κ1) is 13.2. The molecule has 0 aliphatic carbocycles. The van der Waals surface area contributed by atoms with Crippen molar-refractivity contribution < 1.29 is 4.74 Å². The molecule has 0 radical (unpaired) electrons. The molecule has 1 rings (SSSR count). The van der Waals surface area contributed by atoms with Gasteiger partial charge < -0.3 is 4.74 Å². The van der Waals surface area contributed by atoms with Crippen LogP contribution in [0.15, 0.2) is 30.3 Å². The highest BCUT2D eigenvalue weighted by molar-refractivity contribution is 5.13. The second-order valence-electron chi connectivity index (χ2n) is 6.27. The van der Waals surface area contributed by atoms with Gasteiger partial charge in [-0.3, -0.25) is 0 Å². The number of hydrogen-bond donors (Lipinski definition) is 0. The molecule has 0 heterocycles. The van der Waals surface area contributed by atoms with Crippen molar-refractivity contribution in [3.05, 3.63) is 35.9 Å². The molecule has 90 valence electrons. The van der Waals surface area contributed by atoms with E-state index in [4.69, 9.17) is 4.74 Å². The van der Waals surface area contributed by atoms with Crippen LogP contribution in [0.5, 0.6) is 0 Å². The van der Waals surface area contributed by atoms with E-state index in [-0.39, 0.29) is 5.60 Å². The Morgan fingerprint density at radius 2 is 1.50 bits per heavy atom. The van der Waals surface area contributed by atoms with Gasteiger partial charge in [0.15, 0.2) is 0 Å². The zero-order valence-electron chi connectivity index (χ0n) is 11.2. The molecular weight excluding hydrogens is 196 g/mol. The van der Waals surface area contributed by atoms with Crippen LogP contribution in [0, 0.1) is 5.41 Å². The average molecular weight is 220 g/mol. The first-order chi connectivity index (χ1) is 7.29. The Hall–Kier alpha value is -0.820. The minimum absolute atomic E-state index is 0.0614. The first-order valence-corrected chi connectivity index (χ1v) is 5.96. The van der Waals surface area contributed by atoms with Crippen LogP contribution in [0.1, 0.15) is 46.6 Å². The predicted octanol–water partition coefficient (Wildman–Crippen LogP) is 4.42. The van der Waals surface area contributed by atoms with Crippen LogP contribution in [0.2, 0.25) is 0 Å². The Morgan fingerprint density at radius 1 is 0.938 bits per heavy atom. The normalized spacial score (nSPS) is 12.8. The van der Waals surface area contributed by atoms with Gasteiger partial charge in [-0.25, -0.2) is 0 Å². The van der Waals surface area contributed by atoms with Crippen LogP contribution in [0.4, 0.5) is 0 Å². The van der Waals surface area contributed by atoms with E-state index in [0.717, 1.165) is 6.42 Å². The Morgan fingerprint density at radius 3 is 2.00 bits per heavy atom. The highest BCUT2D eigenvalue weighted by Crippen LogP contribution is 2.29. The van der Waals surface area contributed by atoms with Crippen molar-refractivity contribution in [1.82, 2.24) is 0 Å². The largest absolute Gasteiger partial charge is 0.371 e. The highest BCUT2D eigenvalue weighted by Gasteiger charge is 2.25. The molecule has 0 aliphatic heterocycles. The van der Waals surface area contributed by atoms with E-state index in [1.54, 1.807) is 0 Å². The fourth-order valence-electron chi connectivity index (χ4n) is 2.18. The Balaban J connectivity index is 2.48. The summed E-state index contributed by atoms with van der Waals surface area (Å²) in [6, 6.07) is 10.3. The lowest BCUT2D eigenvalue weighted by molar-refractivity contribution is -0.0537. The maximum Gasteiger partial charge on any atom is 0.0724 e. The minimum Gasteiger partial charge on any atom is -0.371 e. The lowest BCUT2D eigenvalue weighted by Gasteiger charge is -2.32. The maximum atomic E-state index is 5.99. The van der Waals surface area contributed by atoms with Gasteiger partial charge in [0.2, 0.25) is 0 Å². The highest BCUT2D eigenvalue weighted by atomic mass is 16.5. The van der Waals surface area contributed by atoms with Crippen LogP contribution < -0.4 is 0 Å². The summed E-state index contributed by atoms with van der Waals surface area (Å²) in [7, 11) is 0. The molecule has 1 aromatic carbocycles. The van der Waals surface area contributed by atoms with E-state index in [2.05, 4.69) is 58.9 Å². The molecule has 0 spiro atoms. The van der Waals surface area contributed by atoms with Crippen LogP contribution >= 0.6 is 0 Å². The van der Waals surface area contributed by atoms with E-state index in [9.17, 15) is 0 Å². The molecule has 0 N–H and O–H groups in total. The fourth-order valence-corrected chi connectivity index (χ4v) is 2.18. The topological polar surface area (TPSA) is 9.23 Å². The van der Waals surface area contributed by atoms with Gasteiger partial charge in [0.05, 0.1) is 12.2 Å². The van der Waals surface area contributed by atoms with Crippen molar-refractivity contribution >= 4 is 0 Å². The summed E-state index contributed by atoms with van der Waals surface area (Å²) in [5, 5.41) is 0. The molecule has 0 unspecified atom stereocenters. The summed E-state index contributed by atoms with van der Waals surface area (Å²) in [5.41, 5.74) is 1.48. The summed E-state index contributed by atoms with van der Waals surface area (Å²) in [5.74, 6) is 0. The number of rotatable bonds is 4. The number of benzene rings is 1. The summed E-state index contributed by atoms with van der Waals surface area (Å²) in [4.78, 5) is 0. The summed E-state index contributed by atoms with van der Waals surface area (Å²) in [6.07, 6.45) is 1.06. The van der Waals surface area contributed by atoms with E-state index >= 15 is 0 Å². The molecular formula is C15H24O. The molecule has 1 heteroatoms. The molecule has 0 atom stereocenters. The summed E-state index contributed by atoms with van der Waals surface area (Å²) in [6.45, 7) is 11.8. The standard InChI is InChI=1S/C15H24O/c1-14(2,3)12-15(4,5)16-11-13-9-7-6-8-10-13/h6-10H,11-12H2,1-5H3. The molecule has 0 bridgehead atoms. The second kappa shape index (κ2) is 5.01. The molecule has 0 saturated carbocycles. The lowest BCUT2D eigenvalue weighted by atomic mass is 9.83. The van der Waals surface area contributed by atoms with Gasteiger partial charge in [0, 0.05) is 0 Å². The van der Waals surface area contributed by atoms with Gasteiger partial charge in [-0.15, -0.1) is 0 Å². The molecule has 0 aromatic heterocycles. The molecule has 16 heavy (non-hydrogen) atoms. The average Bonchev–Trinajstić information content (AvgIpc) is 2.13. The third kappa shape index (κ3) is 5.32. The Labute approximate surface area is 99.8 Å². The molecule has 0 aliphatic rings. The van der Waals surface area contributed by atoms with Crippen molar-refractivity contribution in [2.75, 3.05) is 0 Å². The first-order valence-electron chi connectivity index (χ1n) is 5.96. The van der Waals surface area contributed by atoms with Gasteiger partial charge >= 0.3 is 0 Å². The second-order valence-corrected chi connectivity index (χ2v) is 6.27. The minimum atomic E-state index is -0.0614.